The number of nitrogens with one attached hydrogen (secondary N) is 1. The summed E-state index contributed by atoms with van der Waals surface area (Å²) in [5, 5.41) is 3.54. The van der Waals surface area contributed by atoms with Gasteiger partial charge in [-0.2, -0.15) is 0 Å². The van der Waals surface area contributed by atoms with Gasteiger partial charge in [0.25, 0.3) is 0 Å². The lowest BCUT2D eigenvalue weighted by molar-refractivity contribution is 0.163. The van der Waals surface area contributed by atoms with Crippen molar-refractivity contribution in [2.24, 2.45) is 0 Å². The van der Waals surface area contributed by atoms with E-state index in [0.717, 1.165) is 13.0 Å². The van der Waals surface area contributed by atoms with E-state index in [4.69, 9.17) is 4.74 Å². The summed E-state index contributed by atoms with van der Waals surface area (Å²) in [5.41, 5.74) is 1.81. The fraction of sp³-hybridized carbons (Fsp3) is 0.625. The van der Waals surface area contributed by atoms with Gasteiger partial charge in [-0.25, -0.2) is 0 Å². The second kappa shape index (κ2) is 6.35. The second-order valence-corrected chi connectivity index (χ2v) is 5.35. The van der Waals surface area contributed by atoms with Gasteiger partial charge >= 0.3 is 0 Å². The third kappa shape index (κ3) is 2.60. The first-order chi connectivity index (χ1) is 8.83. The molecule has 1 aromatic carbocycles. The molecule has 0 heterocycles. The normalized spacial score (nSPS) is 19.9. The quantitative estimate of drug-likeness (QED) is 0.834. The van der Waals surface area contributed by atoms with E-state index in [1.54, 1.807) is 7.11 Å². The van der Waals surface area contributed by atoms with Gasteiger partial charge in [0.1, 0.15) is 0 Å². The van der Waals surface area contributed by atoms with E-state index in [1.165, 1.54) is 31.2 Å². The Morgan fingerprint density at radius 1 is 1.22 bits per heavy atom. The maximum absolute atomic E-state index is 5.27. The smallest absolute Gasteiger partial charge is 0.0477 e. The van der Waals surface area contributed by atoms with E-state index in [-0.39, 0.29) is 0 Å². The number of likely N-dealkylation sites (N-methyl/N-ethyl adjacent to an activating group) is 1. The summed E-state index contributed by atoms with van der Waals surface area (Å²) in [6.07, 6.45) is 6.38. The Labute approximate surface area is 111 Å². The van der Waals surface area contributed by atoms with E-state index >= 15 is 0 Å². The highest BCUT2D eigenvalue weighted by Crippen LogP contribution is 2.44. The zero-order valence-corrected chi connectivity index (χ0v) is 11.6. The molecule has 0 saturated heterocycles. The minimum absolute atomic E-state index is 0.314. The van der Waals surface area contributed by atoms with Crippen LogP contribution in [0.15, 0.2) is 30.3 Å². The van der Waals surface area contributed by atoms with Crippen LogP contribution in [0.5, 0.6) is 0 Å². The van der Waals surface area contributed by atoms with Crippen molar-refractivity contribution in [3.63, 3.8) is 0 Å². The zero-order valence-electron chi connectivity index (χ0n) is 11.6. The summed E-state index contributed by atoms with van der Waals surface area (Å²) in [6.45, 7) is 0.833. The molecule has 18 heavy (non-hydrogen) atoms. The molecule has 1 aliphatic carbocycles. The summed E-state index contributed by atoms with van der Waals surface area (Å²) in [5.74, 6) is 0. The van der Waals surface area contributed by atoms with Gasteiger partial charge in [-0.15, -0.1) is 0 Å². The molecular formula is C16H25NO. The fourth-order valence-electron chi connectivity index (χ4n) is 3.55. The number of rotatable bonds is 6. The maximum Gasteiger partial charge on any atom is 0.0477 e. The van der Waals surface area contributed by atoms with Crippen LogP contribution < -0.4 is 5.32 Å². The Hall–Kier alpha value is -0.860. The van der Waals surface area contributed by atoms with Crippen molar-refractivity contribution in [3.05, 3.63) is 35.9 Å². The van der Waals surface area contributed by atoms with Gasteiger partial charge in [0.2, 0.25) is 0 Å². The van der Waals surface area contributed by atoms with Gasteiger partial charge in [0.15, 0.2) is 0 Å². The molecule has 100 valence electrons. The molecule has 1 unspecified atom stereocenters. The van der Waals surface area contributed by atoms with Crippen LogP contribution in [0.1, 0.15) is 37.7 Å². The van der Waals surface area contributed by atoms with Crippen LogP contribution in [-0.4, -0.2) is 26.8 Å². The number of hydrogen-bond donors (Lipinski definition) is 1. The largest absolute Gasteiger partial charge is 0.385 e. The van der Waals surface area contributed by atoms with Crippen molar-refractivity contribution < 1.29 is 4.74 Å². The molecule has 2 rings (SSSR count). The summed E-state index contributed by atoms with van der Waals surface area (Å²) in [6, 6.07) is 11.5. The first kappa shape index (κ1) is 13.6. The van der Waals surface area contributed by atoms with Crippen molar-refractivity contribution in [3.8, 4) is 0 Å². The molecule has 0 aliphatic heterocycles. The van der Waals surface area contributed by atoms with Crippen molar-refractivity contribution in [1.29, 1.82) is 0 Å². The Morgan fingerprint density at radius 3 is 2.44 bits per heavy atom. The highest BCUT2D eigenvalue weighted by atomic mass is 16.5. The first-order valence-corrected chi connectivity index (χ1v) is 7.05. The van der Waals surface area contributed by atoms with Crippen molar-refractivity contribution in [2.45, 2.75) is 43.6 Å². The van der Waals surface area contributed by atoms with Crippen LogP contribution in [-0.2, 0) is 10.2 Å². The molecule has 0 radical (unpaired) electrons. The number of hydrogen-bond acceptors (Lipinski definition) is 2. The molecule has 0 bridgehead atoms. The van der Waals surface area contributed by atoms with Crippen LogP contribution in [0.3, 0.4) is 0 Å². The zero-order chi connectivity index (χ0) is 12.8. The van der Waals surface area contributed by atoms with Gasteiger partial charge in [0, 0.05) is 25.2 Å². The average molecular weight is 247 g/mol. The SMILES string of the molecule is CNC(CCOC)C1(c2ccccc2)CCCC1. The minimum atomic E-state index is 0.314. The molecule has 2 nitrogen and oxygen atoms in total. The molecule has 1 N–H and O–H groups in total. The Kier molecular flexibility index (Phi) is 4.79. The third-order valence-electron chi connectivity index (χ3n) is 4.47. The lowest BCUT2D eigenvalue weighted by atomic mass is 9.71. The second-order valence-electron chi connectivity index (χ2n) is 5.35. The Bertz CT molecular complexity index is 343. The molecule has 0 amide bonds. The lowest BCUT2D eigenvalue weighted by Gasteiger charge is -2.38. The molecule has 0 aromatic heterocycles. The summed E-state index contributed by atoms with van der Waals surface area (Å²) >= 11 is 0. The van der Waals surface area contributed by atoms with Gasteiger partial charge in [0.05, 0.1) is 0 Å². The predicted octanol–water partition coefficient (Wildman–Crippen LogP) is 3.12. The van der Waals surface area contributed by atoms with Crippen molar-refractivity contribution in [2.75, 3.05) is 20.8 Å². The predicted molar refractivity (Wildman–Crippen MR) is 75.9 cm³/mol. The summed E-state index contributed by atoms with van der Waals surface area (Å²) in [4.78, 5) is 0. The fourth-order valence-corrected chi connectivity index (χ4v) is 3.55. The lowest BCUT2D eigenvalue weighted by Crippen LogP contribution is -2.46. The molecule has 1 fully saturated rings. The highest BCUT2D eigenvalue weighted by molar-refractivity contribution is 5.29. The van der Waals surface area contributed by atoms with E-state index in [9.17, 15) is 0 Å². The molecule has 1 saturated carbocycles. The van der Waals surface area contributed by atoms with E-state index in [1.807, 2.05) is 0 Å². The topological polar surface area (TPSA) is 21.3 Å². The average Bonchev–Trinajstić information content (AvgIpc) is 2.91. The minimum Gasteiger partial charge on any atom is -0.385 e. The van der Waals surface area contributed by atoms with E-state index < -0.39 is 0 Å². The van der Waals surface area contributed by atoms with Gasteiger partial charge in [-0.1, -0.05) is 43.2 Å². The van der Waals surface area contributed by atoms with Crippen molar-refractivity contribution >= 4 is 0 Å². The van der Waals surface area contributed by atoms with Gasteiger partial charge < -0.3 is 10.1 Å². The molecule has 1 aromatic rings. The molecule has 2 heteroatoms. The number of benzene rings is 1. The Balaban J connectivity index is 2.25. The monoisotopic (exact) mass is 247 g/mol. The third-order valence-corrected chi connectivity index (χ3v) is 4.47. The van der Waals surface area contributed by atoms with Crippen LogP contribution in [0.25, 0.3) is 0 Å². The molecule has 1 aliphatic rings. The van der Waals surface area contributed by atoms with Crippen LogP contribution in [0.2, 0.25) is 0 Å². The van der Waals surface area contributed by atoms with Crippen LogP contribution in [0, 0.1) is 0 Å². The van der Waals surface area contributed by atoms with Crippen molar-refractivity contribution in [1.82, 2.24) is 5.32 Å². The molecular weight excluding hydrogens is 222 g/mol. The maximum atomic E-state index is 5.27. The highest BCUT2D eigenvalue weighted by Gasteiger charge is 2.41. The number of methoxy groups -OCH3 is 1. The van der Waals surface area contributed by atoms with E-state index in [2.05, 4.69) is 42.7 Å². The van der Waals surface area contributed by atoms with Crippen LogP contribution in [0.4, 0.5) is 0 Å². The Morgan fingerprint density at radius 2 is 1.89 bits per heavy atom. The molecule has 1 atom stereocenters. The first-order valence-electron chi connectivity index (χ1n) is 7.05. The van der Waals surface area contributed by atoms with Crippen LogP contribution >= 0.6 is 0 Å². The molecule has 0 spiro atoms. The number of ether oxygens (including phenoxy) is 1. The summed E-state index contributed by atoms with van der Waals surface area (Å²) < 4.78 is 5.27. The van der Waals surface area contributed by atoms with E-state index in [0.29, 0.717) is 11.5 Å². The van der Waals surface area contributed by atoms with Gasteiger partial charge in [-0.05, 0) is 31.9 Å². The standard InChI is InChI=1S/C16H25NO/c1-17-15(10-13-18-2)16(11-6-7-12-16)14-8-4-3-5-9-14/h3-5,8-9,15,17H,6-7,10-13H2,1-2H3. The summed E-state index contributed by atoms with van der Waals surface area (Å²) in [7, 11) is 3.87. The van der Waals surface area contributed by atoms with Gasteiger partial charge in [-0.3, -0.25) is 0 Å².